The summed E-state index contributed by atoms with van der Waals surface area (Å²) in [5.41, 5.74) is 2.61. The van der Waals surface area contributed by atoms with Crippen molar-refractivity contribution < 1.29 is 0 Å². The van der Waals surface area contributed by atoms with Gasteiger partial charge in [-0.15, -0.1) is 0 Å². The molecule has 0 spiro atoms. The molecule has 0 radical (unpaired) electrons. The molecule has 1 aromatic carbocycles. The normalized spacial score (nSPS) is 17.0. The zero-order valence-corrected chi connectivity index (χ0v) is 10.1. The molecule has 1 aliphatic carbocycles. The fourth-order valence-electron chi connectivity index (χ4n) is 2.26. The van der Waals surface area contributed by atoms with E-state index in [2.05, 4.69) is 28.5 Å². The number of nitrogens with zero attached hydrogens (tertiary/aromatic N) is 2. The fraction of sp³-hybridized carbons (Fsp3) is 0.429. The summed E-state index contributed by atoms with van der Waals surface area (Å²) in [6.07, 6.45) is 5.80. The molecule has 3 rings (SSSR count). The first-order valence-electron chi connectivity index (χ1n) is 6.27. The standard InChI is InChI=1S/C14H17N3/c1-2-14(7-8-14)10-15-13-9-16-17-12-6-4-3-5-11(12)13/h3-6,9H,2,7-8,10H2,1H3,(H,15,17). The third kappa shape index (κ3) is 1.97. The largest absolute Gasteiger partial charge is 0.383 e. The van der Waals surface area contributed by atoms with E-state index in [1.807, 2.05) is 24.4 Å². The molecule has 1 aromatic heterocycles. The van der Waals surface area contributed by atoms with Gasteiger partial charge in [-0.1, -0.05) is 25.1 Å². The Bertz CT molecular complexity index is 526. The third-order valence-electron chi connectivity index (χ3n) is 3.91. The summed E-state index contributed by atoms with van der Waals surface area (Å²) in [6, 6.07) is 8.13. The Morgan fingerprint density at radius 3 is 2.88 bits per heavy atom. The molecule has 1 fully saturated rings. The van der Waals surface area contributed by atoms with Crippen molar-refractivity contribution in [2.45, 2.75) is 26.2 Å². The van der Waals surface area contributed by atoms with Crippen molar-refractivity contribution in [3.05, 3.63) is 30.5 Å². The minimum Gasteiger partial charge on any atom is -0.383 e. The highest BCUT2D eigenvalue weighted by molar-refractivity contribution is 5.90. The van der Waals surface area contributed by atoms with Crippen LogP contribution >= 0.6 is 0 Å². The Hall–Kier alpha value is -1.64. The van der Waals surface area contributed by atoms with Crippen LogP contribution in [-0.4, -0.2) is 16.7 Å². The molecule has 0 unspecified atom stereocenters. The summed E-state index contributed by atoms with van der Waals surface area (Å²) in [6.45, 7) is 3.33. The van der Waals surface area contributed by atoms with Gasteiger partial charge in [0, 0.05) is 11.9 Å². The van der Waals surface area contributed by atoms with E-state index < -0.39 is 0 Å². The molecule has 17 heavy (non-hydrogen) atoms. The summed E-state index contributed by atoms with van der Waals surface area (Å²) in [5.74, 6) is 0. The van der Waals surface area contributed by atoms with E-state index in [1.165, 1.54) is 19.3 Å². The maximum Gasteiger partial charge on any atom is 0.0950 e. The molecule has 1 saturated carbocycles. The highest BCUT2D eigenvalue weighted by Crippen LogP contribution is 2.48. The van der Waals surface area contributed by atoms with Gasteiger partial charge in [0.15, 0.2) is 0 Å². The lowest BCUT2D eigenvalue weighted by Crippen LogP contribution is -2.14. The Morgan fingerprint density at radius 1 is 1.29 bits per heavy atom. The quantitative estimate of drug-likeness (QED) is 0.871. The van der Waals surface area contributed by atoms with Crippen LogP contribution in [0.2, 0.25) is 0 Å². The highest BCUT2D eigenvalue weighted by Gasteiger charge is 2.40. The molecule has 1 N–H and O–H groups in total. The molecule has 3 heteroatoms. The first kappa shape index (κ1) is 10.5. The van der Waals surface area contributed by atoms with Gasteiger partial charge >= 0.3 is 0 Å². The van der Waals surface area contributed by atoms with Gasteiger partial charge in [-0.05, 0) is 30.7 Å². The smallest absolute Gasteiger partial charge is 0.0950 e. The molecular weight excluding hydrogens is 210 g/mol. The van der Waals surface area contributed by atoms with Crippen molar-refractivity contribution in [3.63, 3.8) is 0 Å². The van der Waals surface area contributed by atoms with E-state index in [-0.39, 0.29) is 0 Å². The predicted octanol–water partition coefficient (Wildman–Crippen LogP) is 3.23. The topological polar surface area (TPSA) is 37.8 Å². The third-order valence-corrected chi connectivity index (χ3v) is 3.91. The number of nitrogens with one attached hydrogen (secondary N) is 1. The molecule has 2 aromatic rings. The van der Waals surface area contributed by atoms with Crippen LogP contribution < -0.4 is 5.32 Å². The molecule has 0 saturated heterocycles. The van der Waals surface area contributed by atoms with Crippen LogP contribution in [0.5, 0.6) is 0 Å². The van der Waals surface area contributed by atoms with E-state index in [0.717, 1.165) is 23.1 Å². The second-order valence-electron chi connectivity index (χ2n) is 4.98. The van der Waals surface area contributed by atoms with Crippen molar-refractivity contribution in [1.82, 2.24) is 10.2 Å². The molecule has 1 aliphatic rings. The van der Waals surface area contributed by atoms with Gasteiger partial charge in [0.2, 0.25) is 0 Å². The molecule has 88 valence electrons. The summed E-state index contributed by atoms with van der Waals surface area (Å²) in [5, 5.41) is 12.9. The molecule has 0 amide bonds. The van der Waals surface area contributed by atoms with E-state index >= 15 is 0 Å². The average molecular weight is 227 g/mol. The molecular formula is C14H17N3. The number of aromatic nitrogens is 2. The van der Waals surface area contributed by atoms with Gasteiger partial charge in [0.05, 0.1) is 17.4 Å². The van der Waals surface area contributed by atoms with Crippen molar-refractivity contribution in [2.24, 2.45) is 5.41 Å². The molecule has 0 atom stereocenters. The lowest BCUT2D eigenvalue weighted by atomic mass is 10.0. The lowest BCUT2D eigenvalue weighted by Gasteiger charge is -2.15. The Balaban J connectivity index is 1.85. The Labute approximate surface area is 101 Å². The molecule has 3 nitrogen and oxygen atoms in total. The maximum absolute atomic E-state index is 4.13. The summed E-state index contributed by atoms with van der Waals surface area (Å²) < 4.78 is 0. The number of hydrogen-bond acceptors (Lipinski definition) is 3. The van der Waals surface area contributed by atoms with Crippen LogP contribution in [0.15, 0.2) is 30.5 Å². The summed E-state index contributed by atoms with van der Waals surface area (Å²) in [4.78, 5) is 0. The van der Waals surface area contributed by atoms with E-state index in [4.69, 9.17) is 0 Å². The number of anilines is 1. The van der Waals surface area contributed by atoms with Crippen LogP contribution in [0.1, 0.15) is 26.2 Å². The summed E-state index contributed by atoms with van der Waals surface area (Å²) >= 11 is 0. The SMILES string of the molecule is CCC1(CNc2cnnc3ccccc23)CC1. The number of rotatable bonds is 4. The van der Waals surface area contributed by atoms with Gasteiger partial charge < -0.3 is 5.32 Å². The van der Waals surface area contributed by atoms with Gasteiger partial charge in [-0.25, -0.2) is 0 Å². The zero-order chi connectivity index (χ0) is 11.7. The van der Waals surface area contributed by atoms with Crippen LogP contribution in [-0.2, 0) is 0 Å². The number of fused-ring (bicyclic) bond motifs is 1. The van der Waals surface area contributed by atoms with Gasteiger partial charge in [0.25, 0.3) is 0 Å². The van der Waals surface area contributed by atoms with Crippen molar-refractivity contribution in [3.8, 4) is 0 Å². The average Bonchev–Trinajstić information content (AvgIpc) is 3.17. The first-order chi connectivity index (χ1) is 8.33. The first-order valence-corrected chi connectivity index (χ1v) is 6.27. The highest BCUT2D eigenvalue weighted by atomic mass is 15.1. The van der Waals surface area contributed by atoms with Crippen LogP contribution in [0.4, 0.5) is 5.69 Å². The predicted molar refractivity (Wildman–Crippen MR) is 70.0 cm³/mol. The van der Waals surface area contributed by atoms with E-state index in [9.17, 15) is 0 Å². The second-order valence-corrected chi connectivity index (χ2v) is 4.98. The van der Waals surface area contributed by atoms with Crippen LogP contribution in [0.3, 0.4) is 0 Å². The summed E-state index contributed by atoms with van der Waals surface area (Å²) in [7, 11) is 0. The van der Waals surface area contributed by atoms with Crippen molar-refractivity contribution >= 4 is 16.6 Å². The van der Waals surface area contributed by atoms with Crippen LogP contribution in [0.25, 0.3) is 10.9 Å². The van der Waals surface area contributed by atoms with Gasteiger partial charge in [0.1, 0.15) is 0 Å². The number of hydrogen-bond donors (Lipinski definition) is 1. The second kappa shape index (κ2) is 3.99. The van der Waals surface area contributed by atoms with Crippen LogP contribution in [0, 0.1) is 5.41 Å². The number of benzene rings is 1. The van der Waals surface area contributed by atoms with Gasteiger partial charge in [-0.2, -0.15) is 10.2 Å². The Morgan fingerprint density at radius 2 is 2.12 bits per heavy atom. The van der Waals surface area contributed by atoms with E-state index in [0.29, 0.717) is 5.41 Å². The fourth-order valence-corrected chi connectivity index (χ4v) is 2.26. The zero-order valence-electron chi connectivity index (χ0n) is 10.1. The molecule has 1 heterocycles. The molecule has 0 aliphatic heterocycles. The van der Waals surface area contributed by atoms with Crippen molar-refractivity contribution in [2.75, 3.05) is 11.9 Å². The minimum atomic E-state index is 0.546. The van der Waals surface area contributed by atoms with E-state index in [1.54, 1.807) is 0 Å². The molecule has 0 bridgehead atoms. The minimum absolute atomic E-state index is 0.546. The Kier molecular flexibility index (Phi) is 2.46. The monoisotopic (exact) mass is 227 g/mol. The maximum atomic E-state index is 4.13. The van der Waals surface area contributed by atoms with Gasteiger partial charge in [-0.3, -0.25) is 0 Å². The lowest BCUT2D eigenvalue weighted by molar-refractivity contribution is 0.521. The van der Waals surface area contributed by atoms with Crippen molar-refractivity contribution in [1.29, 1.82) is 0 Å².